The summed E-state index contributed by atoms with van der Waals surface area (Å²) < 4.78 is 35.7. The molecule has 1 aromatic heterocycles. The second-order valence-corrected chi connectivity index (χ2v) is 11.3. The zero-order valence-corrected chi connectivity index (χ0v) is 23.4. The topological polar surface area (TPSA) is 103 Å². The summed E-state index contributed by atoms with van der Waals surface area (Å²) in [6, 6.07) is 7.53. The Kier molecular flexibility index (Phi) is 9.09. The molecule has 2 unspecified atom stereocenters. The van der Waals surface area contributed by atoms with Crippen LogP contribution in [0.4, 0.5) is 8.78 Å². The number of β-amino-alcohol motifs (C(OH)–C–C–N with tert-alkyl or cyclic N) is 1. The predicted octanol–water partition coefficient (Wildman–Crippen LogP) is 4.56. The Morgan fingerprint density at radius 1 is 1.18 bits per heavy atom. The maximum Gasteiger partial charge on any atom is 0.329 e. The molecule has 0 saturated carbocycles. The number of nitrogens with zero attached hydrogens (tertiary/aromatic N) is 3. The van der Waals surface area contributed by atoms with Gasteiger partial charge in [0.15, 0.2) is 0 Å². The van der Waals surface area contributed by atoms with Crippen molar-refractivity contribution in [3.05, 3.63) is 47.9 Å². The summed E-state index contributed by atoms with van der Waals surface area (Å²) >= 11 is 0. The number of likely N-dealkylation sites (tertiary alicyclic amines) is 2. The highest BCUT2D eigenvalue weighted by Crippen LogP contribution is 2.32. The van der Waals surface area contributed by atoms with Gasteiger partial charge in [-0.2, -0.15) is 0 Å². The smallest absolute Gasteiger partial charge is 0.329 e. The van der Waals surface area contributed by atoms with Crippen molar-refractivity contribution in [3.63, 3.8) is 0 Å². The molecule has 2 fully saturated rings. The number of aromatic nitrogens is 1. The van der Waals surface area contributed by atoms with Crippen LogP contribution in [-0.4, -0.2) is 87.0 Å². The summed E-state index contributed by atoms with van der Waals surface area (Å²) in [6.07, 6.45) is 3.41. The van der Waals surface area contributed by atoms with Crippen LogP contribution in [0.3, 0.4) is 0 Å². The van der Waals surface area contributed by atoms with Gasteiger partial charge in [-0.05, 0) is 75.9 Å². The van der Waals surface area contributed by atoms with E-state index in [1.807, 2.05) is 13.8 Å². The fraction of sp³-hybridized carbons (Fsp3) is 0.567. The van der Waals surface area contributed by atoms with Gasteiger partial charge in [-0.15, -0.1) is 0 Å². The van der Waals surface area contributed by atoms with Crippen LogP contribution in [0.5, 0.6) is 5.75 Å². The summed E-state index contributed by atoms with van der Waals surface area (Å²) in [7, 11) is 0. The molecule has 0 bridgehead atoms. The summed E-state index contributed by atoms with van der Waals surface area (Å²) in [5.41, 5.74) is -2.04. The largest absolute Gasteiger partial charge is 0.492 e. The number of alkyl halides is 1. The first-order chi connectivity index (χ1) is 19.0. The molecule has 40 heavy (non-hydrogen) atoms. The van der Waals surface area contributed by atoms with Crippen molar-refractivity contribution in [2.45, 2.75) is 70.2 Å². The molecule has 4 rings (SSSR count). The quantitative estimate of drug-likeness (QED) is 0.440. The van der Waals surface area contributed by atoms with E-state index in [2.05, 4.69) is 9.88 Å². The third-order valence-electron chi connectivity index (χ3n) is 8.53. The Balaban J connectivity index is 1.33. The van der Waals surface area contributed by atoms with Gasteiger partial charge in [-0.1, -0.05) is 19.9 Å². The molecule has 218 valence electrons. The van der Waals surface area contributed by atoms with E-state index in [0.717, 1.165) is 30.8 Å². The lowest BCUT2D eigenvalue weighted by atomic mass is 9.94. The van der Waals surface area contributed by atoms with Gasteiger partial charge in [0.2, 0.25) is 0 Å². The lowest BCUT2D eigenvalue weighted by Crippen LogP contribution is -2.50. The number of piperidine rings is 1. The molecule has 1 aromatic carbocycles. The number of halogens is 2. The number of pyridine rings is 1. The van der Waals surface area contributed by atoms with Crippen LogP contribution in [-0.2, 0) is 4.79 Å². The van der Waals surface area contributed by atoms with E-state index in [1.54, 1.807) is 24.4 Å². The molecule has 1 amide bonds. The van der Waals surface area contributed by atoms with Crippen molar-refractivity contribution in [2.24, 2.45) is 5.92 Å². The van der Waals surface area contributed by atoms with Gasteiger partial charge >= 0.3 is 5.97 Å². The Labute approximate surface area is 234 Å². The number of ether oxygens (including phenoxy) is 1. The SMILES string of the molecule is CCC(F)(CC)CN1CCC(COc2ccc(-c3ccc(C(=O)N4CC(O)CC4(C)C(=O)O)c(F)c3)nc2)CC1. The maximum absolute atomic E-state index is 15.0. The molecular weight excluding hydrogens is 520 g/mol. The standard InChI is InChI=1S/C30H39F2N3O5/c1-4-30(32,5-2)19-34-12-10-20(11-13-34)18-40-23-7-9-26(33-16-23)21-6-8-24(25(31)14-21)27(37)35-17-22(36)15-29(35,3)28(38)39/h6-9,14,16,20,22,36H,4-5,10-13,15,17-19H2,1-3H3,(H,38,39). The number of hydrogen-bond donors (Lipinski definition) is 2. The first-order valence-electron chi connectivity index (χ1n) is 14.0. The zero-order valence-electron chi connectivity index (χ0n) is 23.4. The molecular formula is C30H39F2N3O5. The fourth-order valence-electron chi connectivity index (χ4n) is 5.58. The lowest BCUT2D eigenvalue weighted by molar-refractivity contribution is -0.147. The number of benzene rings is 1. The molecule has 0 spiro atoms. The summed E-state index contributed by atoms with van der Waals surface area (Å²) in [5, 5.41) is 19.5. The van der Waals surface area contributed by atoms with Gasteiger partial charge < -0.3 is 24.7 Å². The number of carbonyl (C=O) groups excluding carboxylic acids is 1. The first-order valence-corrected chi connectivity index (χ1v) is 14.0. The maximum atomic E-state index is 15.0. The van der Waals surface area contributed by atoms with Crippen LogP contribution < -0.4 is 4.74 Å². The Bertz CT molecular complexity index is 1200. The Morgan fingerprint density at radius 3 is 2.45 bits per heavy atom. The highest BCUT2D eigenvalue weighted by atomic mass is 19.1. The van der Waals surface area contributed by atoms with Crippen molar-refractivity contribution in [2.75, 3.05) is 32.8 Å². The zero-order chi connectivity index (χ0) is 29.1. The molecule has 2 atom stereocenters. The number of hydrogen-bond acceptors (Lipinski definition) is 6. The van der Waals surface area contributed by atoms with Crippen LogP contribution >= 0.6 is 0 Å². The van der Waals surface area contributed by atoms with E-state index >= 15 is 4.39 Å². The second kappa shape index (κ2) is 12.2. The molecule has 2 aliphatic rings. The summed E-state index contributed by atoms with van der Waals surface area (Å²) in [5.74, 6) is -1.86. The van der Waals surface area contributed by atoms with Crippen molar-refractivity contribution in [1.82, 2.24) is 14.8 Å². The van der Waals surface area contributed by atoms with Gasteiger partial charge in [-0.3, -0.25) is 9.78 Å². The van der Waals surface area contributed by atoms with Gasteiger partial charge in [0.25, 0.3) is 5.91 Å². The van der Waals surface area contributed by atoms with E-state index < -0.39 is 35.0 Å². The number of carbonyl (C=O) groups is 2. The average molecular weight is 560 g/mol. The molecule has 10 heteroatoms. The number of amides is 1. The normalized spacial score (nSPS) is 22.4. The van der Waals surface area contributed by atoms with E-state index in [1.165, 1.54) is 19.1 Å². The van der Waals surface area contributed by atoms with E-state index in [9.17, 15) is 24.2 Å². The summed E-state index contributed by atoms with van der Waals surface area (Å²) in [4.78, 5) is 32.3. The van der Waals surface area contributed by atoms with Crippen LogP contribution in [0, 0.1) is 11.7 Å². The van der Waals surface area contributed by atoms with Crippen molar-refractivity contribution >= 4 is 11.9 Å². The first kappa shape index (κ1) is 29.9. The molecule has 2 N–H and O–H groups in total. The Morgan fingerprint density at radius 2 is 1.88 bits per heavy atom. The van der Waals surface area contributed by atoms with Crippen LogP contribution in [0.2, 0.25) is 0 Å². The minimum atomic E-state index is -1.61. The molecule has 0 radical (unpaired) electrons. The highest BCUT2D eigenvalue weighted by molar-refractivity contribution is 5.98. The van der Waals surface area contributed by atoms with Gasteiger partial charge in [0, 0.05) is 25.1 Å². The number of aliphatic carboxylic acids is 1. The average Bonchev–Trinajstić information content (AvgIpc) is 3.27. The lowest BCUT2D eigenvalue weighted by Gasteiger charge is -2.36. The van der Waals surface area contributed by atoms with Gasteiger partial charge in [0.05, 0.1) is 30.2 Å². The fourth-order valence-corrected chi connectivity index (χ4v) is 5.58. The second-order valence-electron chi connectivity index (χ2n) is 11.3. The molecule has 3 heterocycles. The van der Waals surface area contributed by atoms with E-state index in [0.29, 0.717) is 48.9 Å². The number of carboxylic acid groups (broad SMARTS) is 1. The van der Waals surface area contributed by atoms with Gasteiger partial charge in [-0.25, -0.2) is 13.6 Å². The number of aliphatic hydroxyl groups excluding tert-OH is 1. The minimum Gasteiger partial charge on any atom is -0.492 e. The monoisotopic (exact) mass is 559 g/mol. The van der Waals surface area contributed by atoms with Crippen LogP contribution in [0.1, 0.15) is 63.2 Å². The molecule has 8 nitrogen and oxygen atoms in total. The van der Waals surface area contributed by atoms with Crippen molar-refractivity contribution < 1.29 is 33.3 Å². The number of rotatable bonds is 10. The number of aliphatic hydroxyl groups is 1. The highest BCUT2D eigenvalue weighted by Gasteiger charge is 2.50. The van der Waals surface area contributed by atoms with Crippen LogP contribution in [0.25, 0.3) is 11.3 Å². The Hall–Kier alpha value is -3.11. The van der Waals surface area contributed by atoms with Crippen LogP contribution in [0.15, 0.2) is 36.5 Å². The van der Waals surface area contributed by atoms with Gasteiger partial charge in [0.1, 0.15) is 22.8 Å². The van der Waals surface area contributed by atoms with Crippen molar-refractivity contribution in [3.8, 4) is 17.0 Å². The molecule has 2 aliphatic heterocycles. The number of carboxylic acids is 1. The molecule has 2 aromatic rings. The third kappa shape index (κ3) is 6.44. The molecule has 2 saturated heterocycles. The van der Waals surface area contributed by atoms with E-state index in [-0.39, 0.29) is 18.5 Å². The van der Waals surface area contributed by atoms with E-state index in [4.69, 9.17) is 4.74 Å². The molecule has 0 aliphatic carbocycles. The third-order valence-corrected chi connectivity index (χ3v) is 8.53. The summed E-state index contributed by atoms with van der Waals surface area (Å²) in [6.45, 7) is 7.71. The predicted molar refractivity (Wildman–Crippen MR) is 146 cm³/mol. The van der Waals surface area contributed by atoms with Crippen molar-refractivity contribution in [1.29, 1.82) is 0 Å². The minimum absolute atomic E-state index is 0.122.